The van der Waals surface area contributed by atoms with Gasteiger partial charge in [-0.1, -0.05) is 32.0 Å². The molecule has 0 saturated carbocycles. The van der Waals surface area contributed by atoms with Crippen LogP contribution in [0.2, 0.25) is 0 Å². The number of benzene rings is 2. The molecule has 1 aliphatic rings. The Bertz CT molecular complexity index is 1080. The number of ether oxygens (including phenoxy) is 1. The van der Waals surface area contributed by atoms with E-state index in [4.69, 9.17) is 9.15 Å². The number of amides is 1. The largest absolute Gasteiger partial charge is 0.496 e. The number of nitrogens with one attached hydrogen (secondary N) is 1. The zero-order valence-electron chi connectivity index (χ0n) is 19.6. The zero-order chi connectivity index (χ0) is 22.7. The highest BCUT2D eigenvalue weighted by Crippen LogP contribution is 2.29. The first kappa shape index (κ1) is 22.4. The number of nitrogens with zero attached hydrogens (tertiary/aromatic N) is 1. The molecule has 0 unspecified atom stereocenters. The summed E-state index contributed by atoms with van der Waals surface area (Å²) in [6, 6.07) is 12.7. The Kier molecular flexibility index (Phi) is 6.85. The van der Waals surface area contributed by atoms with Crippen molar-refractivity contribution < 1.29 is 13.9 Å². The number of carbonyl (C=O) groups is 1. The van der Waals surface area contributed by atoms with Crippen LogP contribution in [-0.4, -0.2) is 37.0 Å². The molecule has 1 saturated heterocycles. The lowest BCUT2D eigenvalue weighted by Gasteiger charge is -2.32. The molecule has 4 rings (SSSR count). The van der Waals surface area contributed by atoms with Crippen LogP contribution in [0.4, 0.5) is 0 Å². The van der Waals surface area contributed by atoms with Crippen LogP contribution < -0.4 is 10.1 Å². The predicted octanol–water partition coefficient (Wildman–Crippen LogP) is 5.20. The minimum Gasteiger partial charge on any atom is -0.496 e. The average Bonchev–Trinajstić information content (AvgIpc) is 3.15. The fraction of sp³-hybridized carbons (Fsp3) is 0.444. The second kappa shape index (κ2) is 9.78. The van der Waals surface area contributed by atoms with E-state index in [0.29, 0.717) is 12.3 Å². The summed E-state index contributed by atoms with van der Waals surface area (Å²) in [5, 5.41) is 4.30. The highest BCUT2D eigenvalue weighted by atomic mass is 16.5. The first-order valence-electron chi connectivity index (χ1n) is 11.6. The maximum atomic E-state index is 12.8. The predicted molar refractivity (Wildman–Crippen MR) is 128 cm³/mol. The van der Waals surface area contributed by atoms with Gasteiger partial charge in [0.1, 0.15) is 11.3 Å². The normalized spacial score (nSPS) is 15.4. The SMILES string of the molecule is COc1ccccc1CN1CCC(NC(=O)Cc2coc3cc(C)c(C(C)C)cc23)CC1. The second-order valence-corrected chi connectivity index (χ2v) is 9.23. The van der Waals surface area contributed by atoms with Crippen LogP contribution in [0.25, 0.3) is 11.0 Å². The molecule has 1 aliphatic heterocycles. The van der Waals surface area contributed by atoms with E-state index in [9.17, 15) is 4.79 Å². The molecule has 170 valence electrons. The molecule has 2 heterocycles. The fourth-order valence-electron chi connectivity index (χ4n) is 4.77. The van der Waals surface area contributed by atoms with E-state index in [2.05, 4.69) is 55.3 Å². The van der Waals surface area contributed by atoms with Crippen LogP contribution in [0.1, 0.15) is 54.9 Å². The van der Waals surface area contributed by atoms with Crippen LogP contribution in [-0.2, 0) is 17.8 Å². The summed E-state index contributed by atoms with van der Waals surface area (Å²) in [5.74, 6) is 1.45. The maximum absolute atomic E-state index is 12.8. The van der Waals surface area contributed by atoms with Crippen molar-refractivity contribution in [1.29, 1.82) is 0 Å². The number of rotatable bonds is 7. The summed E-state index contributed by atoms with van der Waals surface area (Å²) in [4.78, 5) is 15.2. The van der Waals surface area contributed by atoms with Crippen molar-refractivity contribution in [3.63, 3.8) is 0 Å². The molecule has 1 N–H and O–H groups in total. The molecule has 0 atom stereocenters. The number of para-hydroxylation sites is 1. The Hall–Kier alpha value is -2.79. The Morgan fingerprint density at radius 1 is 1.19 bits per heavy atom. The molecular formula is C27H34N2O3. The summed E-state index contributed by atoms with van der Waals surface area (Å²) in [6.07, 6.45) is 4.02. The van der Waals surface area contributed by atoms with Gasteiger partial charge in [-0.05, 0) is 55.0 Å². The smallest absolute Gasteiger partial charge is 0.224 e. The van der Waals surface area contributed by atoms with E-state index in [1.54, 1.807) is 13.4 Å². The highest BCUT2D eigenvalue weighted by Gasteiger charge is 2.22. The van der Waals surface area contributed by atoms with Gasteiger partial charge in [0.15, 0.2) is 0 Å². The molecule has 1 amide bonds. The highest BCUT2D eigenvalue weighted by molar-refractivity contribution is 5.88. The van der Waals surface area contributed by atoms with Gasteiger partial charge in [0, 0.05) is 42.2 Å². The summed E-state index contributed by atoms with van der Waals surface area (Å²) in [6.45, 7) is 9.32. The van der Waals surface area contributed by atoms with Crippen molar-refractivity contribution in [3.05, 3.63) is 64.9 Å². The number of furan rings is 1. The van der Waals surface area contributed by atoms with Crippen LogP contribution in [0, 0.1) is 6.92 Å². The van der Waals surface area contributed by atoms with Crippen molar-refractivity contribution in [2.45, 2.75) is 58.5 Å². The molecule has 5 heteroatoms. The van der Waals surface area contributed by atoms with Crippen LogP contribution in [0.15, 0.2) is 47.1 Å². The summed E-state index contributed by atoms with van der Waals surface area (Å²) < 4.78 is 11.2. The number of methoxy groups -OCH3 is 1. The Balaban J connectivity index is 1.32. The van der Waals surface area contributed by atoms with E-state index in [1.807, 2.05) is 12.1 Å². The zero-order valence-corrected chi connectivity index (χ0v) is 19.6. The monoisotopic (exact) mass is 434 g/mol. The van der Waals surface area contributed by atoms with Crippen molar-refractivity contribution >= 4 is 16.9 Å². The van der Waals surface area contributed by atoms with E-state index in [1.165, 1.54) is 16.7 Å². The van der Waals surface area contributed by atoms with Crippen molar-refractivity contribution in [1.82, 2.24) is 10.2 Å². The van der Waals surface area contributed by atoms with Gasteiger partial charge >= 0.3 is 0 Å². The van der Waals surface area contributed by atoms with Gasteiger partial charge in [0.25, 0.3) is 0 Å². The molecule has 1 fully saturated rings. The molecule has 32 heavy (non-hydrogen) atoms. The number of likely N-dealkylation sites (tertiary alicyclic amines) is 1. The number of hydrogen-bond acceptors (Lipinski definition) is 4. The van der Waals surface area contributed by atoms with Gasteiger partial charge in [-0.3, -0.25) is 9.69 Å². The molecule has 0 aliphatic carbocycles. The minimum absolute atomic E-state index is 0.0718. The molecule has 3 aromatic rings. The molecule has 1 aromatic heterocycles. The molecule has 2 aromatic carbocycles. The maximum Gasteiger partial charge on any atom is 0.224 e. The van der Waals surface area contributed by atoms with Gasteiger partial charge in [-0.25, -0.2) is 0 Å². The Labute approximate surface area is 190 Å². The standard InChI is InChI=1S/C27H34N2O3/c1-18(2)23-15-24-21(17-32-26(24)13-19(23)3)14-27(30)28-22-9-11-29(12-10-22)16-20-7-5-6-8-25(20)31-4/h5-8,13,15,17-18,22H,9-12,14,16H2,1-4H3,(H,28,30). The minimum atomic E-state index is 0.0718. The third-order valence-electron chi connectivity index (χ3n) is 6.55. The van der Waals surface area contributed by atoms with E-state index < -0.39 is 0 Å². The number of carbonyl (C=O) groups excluding carboxylic acids is 1. The molecule has 0 spiro atoms. The number of piperidine rings is 1. The van der Waals surface area contributed by atoms with Crippen molar-refractivity contribution in [3.8, 4) is 5.75 Å². The van der Waals surface area contributed by atoms with Gasteiger partial charge in [-0.15, -0.1) is 0 Å². The van der Waals surface area contributed by atoms with Gasteiger partial charge in [-0.2, -0.15) is 0 Å². The van der Waals surface area contributed by atoms with Gasteiger partial charge in [0.05, 0.1) is 19.8 Å². The molecular weight excluding hydrogens is 400 g/mol. The van der Waals surface area contributed by atoms with Crippen LogP contribution >= 0.6 is 0 Å². The first-order chi connectivity index (χ1) is 15.4. The lowest BCUT2D eigenvalue weighted by Crippen LogP contribution is -2.44. The summed E-state index contributed by atoms with van der Waals surface area (Å²) in [7, 11) is 1.72. The lowest BCUT2D eigenvalue weighted by atomic mass is 9.95. The Morgan fingerprint density at radius 3 is 2.66 bits per heavy atom. The summed E-state index contributed by atoms with van der Waals surface area (Å²) in [5.41, 5.74) is 5.58. The quantitative estimate of drug-likeness (QED) is 0.556. The van der Waals surface area contributed by atoms with Crippen molar-refractivity contribution in [2.24, 2.45) is 0 Å². The molecule has 5 nitrogen and oxygen atoms in total. The average molecular weight is 435 g/mol. The number of fused-ring (bicyclic) bond motifs is 1. The first-order valence-corrected chi connectivity index (χ1v) is 11.6. The molecule has 0 radical (unpaired) electrons. The van der Waals surface area contributed by atoms with E-state index in [0.717, 1.165) is 54.8 Å². The van der Waals surface area contributed by atoms with Gasteiger partial charge in [0.2, 0.25) is 5.91 Å². The lowest BCUT2D eigenvalue weighted by molar-refractivity contribution is -0.121. The van der Waals surface area contributed by atoms with E-state index in [-0.39, 0.29) is 11.9 Å². The third-order valence-corrected chi connectivity index (χ3v) is 6.55. The fourth-order valence-corrected chi connectivity index (χ4v) is 4.77. The number of hydrogen-bond donors (Lipinski definition) is 1. The van der Waals surface area contributed by atoms with Crippen LogP contribution in [0.3, 0.4) is 0 Å². The van der Waals surface area contributed by atoms with Gasteiger partial charge < -0.3 is 14.5 Å². The van der Waals surface area contributed by atoms with Crippen molar-refractivity contribution in [2.75, 3.05) is 20.2 Å². The Morgan fingerprint density at radius 2 is 1.94 bits per heavy atom. The summed E-state index contributed by atoms with van der Waals surface area (Å²) >= 11 is 0. The second-order valence-electron chi connectivity index (χ2n) is 9.23. The van der Waals surface area contributed by atoms with Crippen LogP contribution in [0.5, 0.6) is 5.75 Å². The van der Waals surface area contributed by atoms with E-state index >= 15 is 0 Å². The number of aryl methyl sites for hydroxylation is 1. The third kappa shape index (κ3) is 4.99. The topological polar surface area (TPSA) is 54.7 Å². The molecule has 0 bridgehead atoms.